The first kappa shape index (κ1) is 13.2. The molecule has 0 aliphatic carbocycles. The van der Waals surface area contributed by atoms with Crippen LogP contribution in [0.3, 0.4) is 0 Å². The molecule has 0 aromatic heterocycles. The van der Waals surface area contributed by atoms with Gasteiger partial charge in [0, 0.05) is 13.6 Å². The predicted molar refractivity (Wildman–Crippen MR) is 66.4 cm³/mol. The van der Waals surface area contributed by atoms with E-state index in [0.717, 1.165) is 5.56 Å². The average molecular weight is 234 g/mol. The number of hydrogen-bond acceptors (Lipinski definition) is 2. The van der Waals surface area contributed by atoms with Crippen LogP contribution in [0.2, 0.25) is 0 Å². The van der Waals surface area contributed by atoms with Crippen molar-refractivity contribution in [3.05, 3.63) is 35.4 Å². The van der Waals surface area contributed by atoms with Gasteiger partial charge in [0.1, 0.15) is 0 Å². The van der Waals surface area contributed by atoms with Crippen molar-refractivity contribution in [1.29, 1.82) is 0 Å². The quantitative estimate of drug-likeness (QED) is 0.771. The van der Waals surface area contributed by atoms with Gasteiger partial charge in [0.15, 0.2) is 0 Å². The minimum atomic E-state index is -0.621. The number of benzene rings is 1. The van der Waals surface area contributed by atoms with Crippen LogP contribution in [0.15, 0.2) is 24.3 Å². The summed E-state index contributed by atoms with van der Waals surface area (Å²) in [6.07, 6.45) is 0. The second kappa shape index (κ2) is 6.03. The van der Waals surface area contributed by atoms with E-state index in [-0.39, 0.29) is 0 Å². The number of likely N-dealkylation sites (N-methyl/N-ethyl adjacent to an activating group) is 1. The Morgan fingerprint density at radius 1 is 1.12 bits per heavy atom. The fourth-order valence-corrected chi connectivity index (χ4v) is 1.40. The third-order valence-electron chi connectivity index (χ3n) is 2.53. The van der Waals surface area contributed by atoms with E-state index in [1.54, 1.807) is 0 Å². The van der Waals surface area contributed by atoms with Crippen molar-refractivity contribution in [2.24, 2.45) is 0 Å². The first-order valence-electron chi connectivity index (χ1n) is 5.63. The molecule has 0 heterocycles. The van der Waals surface area contributed by atoms with Crippen LogP contribution in [0.1, 0.15) is 30.9 Å². The van der Waals surface area contributed by atoms with Crippen LogP contribution in [-0.2, 0) is 16.1 Å². The first-order chi connectivity index (χ1) is 8.04. The third kappa shape index (κ3) is 3.90. The highest BCUT2D eigenvalue weighted by atomic mass is 16.2. The van der Waals surface area contributed by atoms with E-state index in [2.05, 4.69) is 24.5 Å². The molecule has 0 saturated carbocycles. The van der Waals surface area contributed by atoms with Crippen LogP contribution < -0.4 is 10.6 Å². The van der Waals surface area contributed by atoms with Gasteiger partial charge in [-0.05, 0) is 17.0 Å². The highest BCUT2D eigenvalue weighted by Crippen LogP contribution is 2.14. The topological polar surface area (TPSA) is 58.2 Å². The van der Waals surface area contributed by atoms with Crippen LogP contribution in [0.5, 0.6) is 0 Å². The first-order valence-corrected chi connectivity index (χ1v) is 5.63. The van der Waals surface area contributed by atoms with Gasteiger partial charge in [-0.3, -0.25) is 9.59 Å². The Bertz CT molecular complexity index is 396. The number of rotatable bonds is 3. The van der Waals surface area contributed by atoms with E-state index >= 15 is 0 Å². The summed E-state index contributed by atoms with van der Waals surface area (Å²) in [6, 6.07) is 7.98. The van der Waals surface area contributed by atoms with Gasteiger partial charge < -0.3 is 10.6 Å². The molecule has 0 unspecified atom stereocenters. The van der Waals surface area contributed by atoms with Crippen LogP contribution >= 0.6 is 0 Å². The normalized spacial score (nSPS) is 10.1. The maximum atomic E-state index is 11.2. The van der Waals surface area contributed by atoms with Gasteiger partial charge in [-0.15, -0.1) is 0 Å². The Kier molecular flexibility index (Phi) is 4.69. The molecular formula is C13H18N2O2. The fraction of sp³-hybridized carbons (Fsp3) is 0.385. The summed E-state index contributed by atoms with van der Waals surface area (Å²) in [4.78, 5) is 22.2. The van der Waals surface area contributed by atoms with Crippen molar-refractivity contribution < 1.29 is 9.59 Å². The monoisotopic (exact) mass is 234 g/mol. The smallest absolute Gasteiger partial charge is 0.309 e. The van der Waals surface area contributed by atoms with E-state index in [1.165, 1.54) is 12.6 Å². The van der Waals surface area contributed by atoms with Crippen LogP contribution in [0, 0.1) is 0 Å². The Hall–Kier alpha value is -1.84. The molecule has 4 heteroatoms. The number of carbonyl (C=O) groups excluding carboxylic acids is 2. The van der Waals surface area contributed by atoms with Crippen molar-refractivity contribution in [2.45, 2.75) is 26.3 Å². The lowest BCUT2D eigenvalue weighted by atomic mass is 10.0. The summed E-state index contributed by atoms with van der Waals surface area (Å²) in [6.45, 7) is 4.62. The Labute approximate surface area is 101 Å². The number of hydrogen-bond donors (Lipinski definition) is 2. The van der Waals surface area contributed by atoms with E-state index in [4.69, 9.17) is 0 Å². The van der Waals surface area contributed by atoms with Crippen molar-refractivity contribution in [2.75, 3.05) is 7.05 Å². The van der Waals surface area contributed by atoms with Crippen LogP contribution in [0.25, 0.3) is 0 Å². The van der Waals surface area contributed by atoms with E-state index in [9.17, 15) is 9.59 Å². The van der Waals surface area contributed by atoms with E-state index in [0.29, 0.717) is 12.5 Å². The molecular weight excluding hydrogens is 216 g/mol. The SMILES string of the molecule is CNC(=O)C(=O)NCc1ccc(C(C)C)cc1. The average Bonchev–Trinajstić information content (AvgIpc) is 2.35. The molecule has 4 nitrogen and oxygen atoms in total. The van der Waals surface area contributed by atoms with Crippen molar-refractivity contribution in [3.63, 3.8) is 0 Å². The maximum Gasteiger partial charge on any atom is 0.309 e. The lowest BCUT2D eigenvalue weighted by Gasteiger charge is -2.07. The molecule has 0 radical (unpaired) electrons. The molecule has 0 atom stereocenters. The second-order valence-corrected chi connectivity index (χ2v) is 4.16. The Morgan fingerprint density at radius 3 is 2.18 bits per heavy atom. The van der Waals surface area contributed by atoms with Gasteiger partial charge in [0.2, 0.25) is 0 Å². The third-order valence-corrected chi connectivity index (χ3v) is 2.53. The van der Waals surface area contributed by atoms with Gasteiger partial charge in [-0.2, -0.15) is 0 Å². The lowest BCUT2D eigenvalue weighted by molar-refractivity contribution is -0.139. The van der Waals surface area contributed by atoms with Crippen LogP contribution in [-0.4, -0.2) is 18.9 Å². The largest absolute Gasteiger partial charge is 0.351 e. The molecule has 1 rings (SSSR count). The Morgan fingerprint density at radius 2 is 1.71 bits per heavy atom. The number of carbonyl (C=O) groups is 2. The highest BCUT2D eigenvalue weighted by molar-refractivity contribution is 6.34. The summed E-state index contributed by atoms with van der Waals surface area (Å²) in [5.74, 6) is -0.742. The maximum absolute atomic E-state index is 11.2. The second-order valence-electron chi connectivity index (χ2n) is 4.16. The van der Waals surface area contributed by atoms with Crippen LogP contribution in [0.4, 0.5) is 0 Å². The minimum Gasteiger partial charge on any atom is -0.351 e. The molecule has 2 N–H and O–H groups in total. The summed E-state index contributed by atoms with van der Waals surface area (Å²) in [7, 11) is 1.43. The van der Waals surface area contributed by atoms with Gasteiger partial charge >= 0.3 is 11.8 Å². The van der Waals surface area contributed by atoms with E-state index < -0.39 is 11.8 Å². The zero-order valence-corrected chi connectivity index (χ0v) is 10.4. The van der Waals surface area contributed by atoms with Crippen molar-refractivity contribution >= 4 is 11.8 Å². The zero-order valence-electron chi connectivity index (χ0n) is 10.4. The zero-order chi connectivity index (χ0) is 12.8. The standard InChI is InChI=1S/C13H18N2O2/c1-9(2)11-6-4-10(5-7-11)8-15-13(17)12(16)14-3/h4-7,9H,8H2,1-3H3,(H,14,16)(H,15,17). The molecule has 92 valence electrons. The summed E-state index contributed by atoms with van der Waals surface area (Å²) >= 11 is 0. The molecule has 0 bridgehead atoms. The van der Waals surface area contributed by atoms with Gasteiger partial charge in [-0.25, -0.2) is 0 Å². The molecule has 0 fully saturated rings. The number of nitrogens with one attached hydrogen (secondary N) is 2. The molecule has 0 spiro atoms. The fourth-order valence-electron chi connectivity index (χ4n) is 1.40. The molecule has 17 heavy (non-hydrogen) atoms. The van der Waals surface area contributed by atoms with E-state index in [1.807, 2.05) is 24.3 Å². The molecule has 1 aromatic rings. The summed E-state index contributed by atoms with van der Waals surface area (Å²) in [5.41, 5.74) is 2.23. The predicted octanol–water partition coefficient (Wildman–Crippen LogP) is 1.17. The molecule has 0 aliphatic rings. The summed E-state index contributed by atoms with van der Waals surface area (Å²) < 4.78 is 0. The van der Waals surface area contributed by atoms with Crippen molar-refractivity contribution in [3.8, 4) is 0 Å². The Balaban J connectivity index is 2.53. The minimum absolute atomic E-state index is 0.366. The van der Waals surface area contributed by atoms with Gasteiger partial charge in [0.05, 0.1) is 0 Å². The number of amides is 2. The van der Waals surface area contributed by atoms with Crippen molar-refractivity contribution in [1.82, 2.24) is 10.6 Å². The highest BCUT2D eigenvalue weighted by Gasteiger charge is 2.09. The molecule has 0 aliphatic heterocycles. The van der Waals surface area contributed by atoms with Gasteiger partial charge in [0.25, 0.3) is 0 Å². The summed E-state index contributed by atoms with van der Waals surface area (Å²) in [5, 5.41) is 4.82. The van der Waals surface area contributed by atoms with Gasteiger partial charge in [-0.1, -0.05) is 38.1 Å². The molecule has 0 saturated heterocycles. The lowest BCUT2D eigenvalue weighted by Crippen LogP contribution is -2.37. The molecule has 1 aromatic carbocycles. The molecule has 2 amide bonds.